The van der Waals surface area contributed by atoms with Crippen LogP contribution in [0.2, 0.25) is 0 Å². The summed E-state index contributed by atoms with van der Waals surface area (Å²) in [4.78, 5) is 13.9. The van der Waals surface area contributed by atoms with E-state index in [1.165, 1.54) is 0 Å². The van der Waals surface area contributed by atoms with Gasteiger partial charge in [-0.25, -0.2) is 9.09 Å². The van der Waals surface area contributed by atoms with Gasteiger partial charge < -0.3 is 9.15 Å². The molecule has 0 saturated heterocycles. The van der Waals surface area contributed by atoms with Crippen LogP contribution in [-0.4, -0.2) is 54.4 Å². The number of ketones is 1. The highest BCUT2D eigenvalue weighted by Gasteiger charge is 2.40. The summed E-state index contributed by atoms with van der Waals surface area (Å²) in [6.45, 7) is 19.9. The molecule has 0 aliphatic carbocycles. The Morgan fingerprint density at radius 1 is 0.933 bits per heavy atom. The topological polar surface area (TPSA) is 84.2 Å². The van der Waals surface area contributed by atoms with Crippen LogP contribution < -0.4 is 4.74 Å². The second-order valence-electron chi connectivity index (χ2n) is 13.3. The van der Waals surface area contributed by atoms with E-state index in [1.54, 1.807) is 0 Å². The molecule has 0 aliphatic heterocycles. The number of para-hydroxylation sites is 1. The molecule has 0 atom stereocenters. The molecule has 0 radical (unpaired) electrons. The fraction of sp³-hybridized carbons (Fsp3) is 0.559. The Balaban J connectivity index is 1.78. The number of aryl methyl sites for hydroxylation is 1. The third kappa shape index (κ3) is 10.7. The lowest BCUT2D eigenvalue weighted by molar-refractivity contribution is -0.939. The third-order valence-corrected chi connectivity index (χ3v) is 10.9. The number of ether oxygens (including phenoxy) is 1. The van der Waals surface area contributed by atoms with E-state index in [2.05, 4.69) is 66.0 Å². The zero-order chi connectivity index (χ0) is 33.6. The fourth-order valence-corrected chi connectivity index (χ4v) is 8.85. The number of hydrogen-bond donors (Lipinski definition) is 0. The molecule has 3 aromatic rings. The number of fused-ring (bicyclic) bond motifs is 1. The molecule has 0 unspecified atom stereocenters. The van der Waals surface area contributed by atoms with E-state index in [0.29, 0.717) is 28.8 Å². The Labute approximate surface area is 296 Å². The minimum atomic E-state index is -3.85. The van der Waals surface area contributed by atoms with Crippen molar-refractivity contribution in [1.29, 1.82) is 0 Å². The molecule has 1 aromatic heterocycles. The summed E-state index contributed by atoms with van der Waals surface area (Å²) in [5.41, 5.74) is 0.575. The highest BCUT2D eigenvalue weighted by atomic mass is 127. The Kier molecular flexibility index (Phi) is 13.6. The van der Waals surface area contributed by atoms with Crippen LogP contribution in [0.1, 0.15) is 96.8 Å². The standard InChI is InChI=1S/C34H49I2NO7P/c1-10-13-17-29-30(25-16-14-15-18-28(25)42-29)31(38)24-21-26(35)32(27(36)22-24)40-20-19-37(11-2,12-3)23-41-45(39,43-33(4,5)6)44-34(7,8)9/h14-16,18,21-22H,10-13,17,19-20,23H2,1-9H3/q+1. The van der Waals surface area contributed by atoms with Gasteiger partial charge in [0.1, 0.15) is 30.2 Å². The molecule has 45 heavy (non-hydrogen) atoms. The van der Waals surface area contributed by atoms with Crippen molar-refractivity contribution in [2.45, 2.75) is 92.8 Å². The van der Waals surface area contributed by atoms with E-state index < -0.39 is 19.0 Å². The van der Waals surface area contributed by atoms with Crippen molar-refractivity contribution in [2.24, 2.45) is 0 Å². The minimum absolute atomic E-state index is 0.0439. The first-order valence-electron chi connectivity index (χ1n) is 15.6. The maximum Gasteiger partial charge on any atom is 0.480 e. The van der Waals surface area contributed by atoms with Gasteiger partial charge in [0.05, 0.1) is 37.0 Å². The summed E-state index contributed by atoms with van der Waals surface area (Å²) in [5, 5.41) is 0.847. The summed E-state index contributed by atoms with van der Waals surface area (Å²) in [5.74, 6) is 1.44. The van der Waals surface area contributed by atoms with E-state index >= 15 is 0 Å². The maximum atomic E-state index is 13.9. The van der Waals surface area contributed by atoms with E-state index in [4.69, 9.17) is 22.7 Å². The van der Waals surface area contributed by atoms with Crippen LogP contribution in [0.25, 0.3) is 11.0 Å². The first-order valence-corrected chi connectivity index (χ1v) is 19.3. The van der Waals surface area contributed by atoms with E-state index in [9.17, 15) is 9.36 Å². The number of likely N-dealkylation sites (N-methyl/N-ethyl adjacent to an activating group) is 1. The molecule has 0 N–H and O–H groups in total. The van der Waals surface area contributed by atoms with Crippen LogP contribution in [0.15, 0.2) is 40.8 Å². The smallest absolute Gasteiger partial charge is 0.480 e. The molecule has 0 amide bonds. The van der Waals surface area contributed by atoms with Crippen LogP contribution in [0.5, 0.6) is 5.75 Å². The predicted molar refractivity (Wildman–Crippen MR) is 197 cm³/mol. The molecule has 3 rings (SSSR count). The number of rotatable bonds is 16. The quantitative estimate of drug-likeness (QED) is 0.0466. The number of hydrogen-bond acceptors (Lipinski definition) is 7. The molecule has 0 fully saturated rings. The number of furan rings is 1. The summed E-state index contributed by atoms with van der Waals surface area (Å²) in [7, 11) is -3.85. The number of unbranched alkanes of at least 4 members (excludes halogenated alkanes) is 1. The van der Waals surface area contributed by atoms with Crippen molar-refractivity contribution >= 4 is 69.8 Å². The summed E-state index contributed by atoms with van der Waals surface area (Å²) < 4.78 is 46.0. The minimum Gasteiger partial charge on any atom is -0.485 e. The van der Waals surface area contributed by atoms with Crippen molar-refractivity contribution in [3.05, 3.63) is 60.4 Å². The number of benzene rings is 2. The SMILES string of the molecule is CCCCc1oc2ccccc2c1C(=O)c1cc(I)c(OCC[N+](CC)(CC)COP(=O)(OC(C)(C)C)OC(C)(C)C)c(I)c1. The molecule has 1 heterocycles. The van der Waals surface area contributed by atoms with Crippen LogP contribution in [0, 0.1) is 7.14 Å². The number of phosphoric ester groups is 1. The van der Waals surface area contributed by atoms with Crippen molar-refractivity contribution in [2.75, 3.05) is 33.0 Å². The molecule has 0 spiro atoms. The van der Waals surface area contributed by atoms with E-state index in [1.807, 2.05) is 77.9 Å². The highest BCUT2D eigenvalue weighted by Crippen LogP contribution is 2.55. The largest absolute Gasteiger partial charge is 0.485 e. The van der Waals surface area contributed by atoms with Crippen molar-refractivity contribution in [3.63, 3.8) is 0 Å². The average Bonchev–Trinajstić information content (AvgIpc) is 3.31. The Bertz CT molecular complexity index is 1460. The van der Waals surface area contributed by atoms with E-state index in [-0.39, 0.29) is 12.5 Å². The number of halogens is 2. The van der Waals surface area contributed by atoms with Gasteiger partial charge in [-0.1, -0.05) is 31.5 Å². The maximum absolute atomic E-state index is 13.9. The second-order valence-corrected chi connectivity index (χ2v) is 17.1. The fourth-order valence-electron chi connectivity index (χ4n) is 4.90. The van der Waals surface area contributed by atoms with Crippen LogP contribution in [0.3, 0.4) is 0 Å². The molecule has 0 bridgehead atoms. The third-order valence-electron chi connectivity index (χ3n) is 7.33. The van der Waals surface area contributed by atoms with Gasteiger partial charge >= 0.3 is 7.82 Å². The molecule has 2 aromatic carbocycles. The lowest BCUT2D eigenvalue weighted by Crippen LogP contribution is -2.51. The van der Waals surface area contributed by atoms with Crippen molar-refractivity contribution < 1.29 is 36.6 Å². The molecule has 8 nitrogen and oxygen atoms in total. The molecule has 250 valence electrons. The Morgan fingerprint density at radius 2 is 1.51 bits per heavy atom. The number of nitrogens with zero attached hydrogens (tertiary/aromatic N) is 1. The van der Waals surface area contributed by atoms with Crippen LogP contribution in [0.4, 0.5) is 0 Å². The summed E-state index contributed by atoms with van der Waals surface area (Å²) in [6, 6.07) is 11.5. The van der Waals surface area contributed by atoms with Crippen molar-refractivity contribution in [3.8, 4) is 5.75 Å². The Morgan fingerprint density at radius 3 is 2.04 bits per heavy atom. The van der Waals surface area contributed by atoms with Gasteiger partial charge in [0.25, 0.3) is 0 Å². The summed E-state index contributed by atoms with van der Waals surface area (Å²) >= 11 is 4.48. The molecular formula is C34H49I2NO7P+. The number of carbonyl (C=O) groups is 1. The Hall–Kier alpha value is -1.02. The molecule has 0 saturated carbocycles. The second kappa shape index (κ2) is 15.9. The zero-order valence-corrected chi connectivity index (χ0v) is 33.3. The van der Waals surface area contributed by atoms with E-state index in [0.717, 1.165) is 62.0 Å². The lowest BCUT2D eigenvalue weighted by Gasteiger charge is -2.38. The zero-order valence-electron chi connectivity index (χ0n) is 28.1. The number of carbonyl (C=O) groups excluding carboxylic acids is 1. The normalized spacial score (nSPS) is 13.0. The van der Waals surface area contributed by atoms with Gasteiger partial charge in [-0.05, 0) is 125 Å². The van der Waals surface area contributed by atoms with Crippen molar-refractivity contribution in [1.82, 2.24) is 0 Å². The van der Waals surface area contributed by atoms with Gasteiger partial charge in [-0.15, -0.1) is 0 Å². The van der Waals surface area contributed by atoms with Gasteiger partial charge in [0.2, 0.25) is 0 Å². The number of quaternary nitrogens is 1. The van der Waals surface area contributed by atoms with Crippen LogP contribution >= 0.6 is 53.0 Å². The molecular weight excluding hydrogens is 819 g/mol. The first kappa shape index (κ1) is 38.4. The summed E-state index contributed by atoms with van der Waals surface area (Å²) in [6.07, 6.45) is 2.69. The highest BCUT2D eigenvalue weighted by molar-refractivity contribution is 14.1. The van der Waals surface area contributed by atoms with Gasteiger partial charge in [-0.2, -0.15) is 0 Å². The monoisotopic (exact) mass is 868 g/mol. The van der Waals surface area contributed by atoms with Gasteiger partial charge in [0, 0.05) is 17.4 Å². The lowest BCUT2D eigenvalue weighted by atomic mass is 9.98. The average molecular weight is 869 g/mol. The first-order chi connectivity index (χ1) is 21.0. The van der Waals surface area contributed by atoms with Gasteiger partial charge in [-0.3, -0.25) is 18.3 Å². The predicted octanol–water partition coefficient (Wildman–Crippen LogP) is 10.2. The van der Waals surface area contributed by atoms with Gasteiger partial charge in [0.15, 0.2) is 12.5 Å². The molecule has 0 aliphatic rings. The molecule has 11 heteroatoms. The number of phosphoric acid groups is 1. The van der Waals surface area contributed by atoms with Crippen LogP contribution in [-0.2, 0) is 24.6 Å².